The van der Waals surface area contributed by atoms with Crippen LogP contribution >= 0.6 is 0 Å². The summed E-state index contributed by atoms with van der Waals surface area (Å²) in [5.41, 5.74) is 1.33. The Labute approximate surface area is 163 Å². The van der Waals surface area contributed by atoms with Crippen LogP contribution in [0, 0.1) is 11.8 Å². The van der Waals surface area contributed by atoms with Gasteiger partial charge < -0.3 is 20.0 Å². The summed E-state index contributed by atoms with van der Waals surface area (Å²) in [4.78, 5) is 26.9. The number of hydrogen-bond acceptors (Lipinski definition) is 5. The lowest BCUT2D eigenvalue weighted by molar-refractivity contribution is -0.134. The second-order valence-electron chi connectivity index (χ2n) is 7.34. The first-order chi connectivity index (χ1) is 12.8. The van der Waals surface area contributed by atoms with E-state index in [9.17, 15) is 9.59 Å². The van der Waals surface area contributed by atoms with Crippen LogP contribution in [0.4, 0.5) is 0 Å². The van der Waals surface area contributed by atoms with E-state index in [-0.39, 0.29) is 0 Å². The largest absolute Gasteiger partial charge is 0.478 e. The molecule has 1 saturated carbocycles. The summed E-state index contributed by atoms with van der Waals surface area (Å²) in [6.07, 6.45) is 10.1. The Kier molecular flexibility index (Phi) is 14.1. The van der Waals surface area contributed by atoms with Crippen LogP contribution < -0.4 is 0 Å². The predicted molar refractivity (Wildman–Crippen MR) is 107 cm³/mol. The second kappa shape index (κ2) is 15.2. The number of hydrogen-bond donors (Lipinski definition) is 2. The Morgan fingerprint density at radius 2 is 1.89 bits per heavy atom. The van der Waals surface area contributed by atoms with E-state index in [1.54, 1.807) is 0 Å². The van der Waals surface area contributed by atoms with Gasteiger partial charge in [0.25, 0.3) is 0 Å². The molecular weight excluding hydrogens is 348 g/mol. The van der Waals surface area contributed by atoms with Gasteiger partial charge >= 0.3 is 11.9 Å². The number of aliphatic carboxylic acids is 2. The maximum absolute atomic E-state index is 9.55. The number of carbonyl (C=O) groups is 2. The highest BCUT2D eigenvalue weighted by molar-refractivity contribution is 5.89. The fraction of sp³-hybridized carbons (Fsp3) is 0.750. The zero-order chi connectivity index (χ0) is 20.7. The summed E-state index contributed by atoms with van der Waals surface area (Å²) in [5, 5.41) is 20.1. The van der Waals surface area contributed by atoms with Crippen LogP contribution in [0.2, 0.25) is 0 Å². The minimum absolute atomic E-state index is 0.539. The zero-order valence-electron chi connectivity index (χ0n) is 17.2. The van der Waals surface area contributed by atoms with Gasteiger partial charge in [-0.15, -0.1) is 0 Å². The molecule has 1 aliphatic carbocycles. The first kappa shape index (κ1) is 25.1. The first-order valence-electron chi connectivity index (χ1n) is 9.73. The minimum atomic E-state index is -1.26. The van der Waals surface area contributed by atoms with E-state index in [4.69, 9.17) is 15.1 Å². The van der Waals surface area contributed by atoms with Crippen molar-refractivity contribution >= 4 is 17.7 Å². The van der Waals surface area contributed by atoms with E-state index in [2.05, 4.69) is 38.0 Å². The van der Waals surface area contributed by atoms with Gasteiger partial charge in [-0.3, -0.25) is 0 Å². The highest BCUT2D eigenvalue weighted by atomic mass is 16.6. The molecular formula is C20H36N2O5. The molecule has 0 spiro atoms. The van der Waals surface area contributed by atoms with Gasteiger partial charge in [0.15, 0.2) is 0 Å². The van der Waals surface area contributed by atoms with Gasteiger partial charge in [0.2, 0.25) is 0 Å². The molecule has 0 aliphatic heterocycles. The van der Waals surface area contributed by atoms with Crippen molar-refractivity contribution in [2.24, 2.45) is 17.0 Å². The number of nitrogens with zero attached hydrogens (tertiary/aromatic N) is 2. The molecule has 1 fully saturated rings. The Hall–Kier alpha value is -1.89. The average Bonchev–Trinajstić information content (AvgIpc) is 2.59. The normalized spacial score (nSPS) is 19.6. The zero-order valence-corrected chi connectivity index (χ0v) is 17.2. The van der Waals surface area contributed by atoms with Gasteiger partial charge in [0.05, 0.1) is 5.71 Å². The van der Waals surface area contributed by atoms with E-state index in [1.807, 2.05) is 0 Å². The Balaban J connectivity index is 0.000000713. The minimum Gasteiger partial charge on any atom is -0.478 e. The van der Waals surface area contributed by atoms with E-state index >= 15 is 0 Å². The van der Waals surface area contributed by atoms with E-state index in [0.29, 0.717) is 24.0 Å². The van der Waals surface area contributed by atoms with Crippen molar-refractivity contribution in [3.8, 4) is 0 Å². The molecule has 7 nitrogen and oxygen atoms in total. The highest BCUT2D eigenvalue weighted by Crippen LogP contribution is 2.26. The quantitative estimate of drug-likeness (QED) is 0.440. The van der Waals surface area contributed by atoms with Gasteiger partial charge in [0.1, 0.15) is 6.61 Å². The average molecular weight is 385 g/mol. The standard InChI is InChI=1S/C16H32N2O.C4H4O4/c1-5-6-9-15-10-7-8-11-16(15)17-19-13-14(2)12-18(3)4;5-3(6)1-2-4(7)8/h14-15H,5-13H2,1-4H3;1-2H,(H,5,6)(H,7,8)/b17-16+;2-1+. The second-order valence-corrected chi connectivity index (χ2v) is 7.34. The molecule has 2 N–H and O–H groups in total. The van der Waals surface area contributed by atoms with Gasteiger partial charge in [0, 0.05) is 30.5 Å². The number of rotatable bonds is 10. The van der Waals surface area contributed by atoms with Crippen molar-refractivity contribution in [3.05, 3.63) is 12.2 Å². The Morgan fingerprint density at radius 3 is 2.41 bits per heavy atom. The van der Waals surface area contributed by atoms with Crippen molar-refractivity contribution in [2.75, 3.05) is 27.2 Å². The van der Waals surface area contributed by atoms with Crippen molar-refractivity contribution in [1.82, 2.24) is 4.90 Å². The number of carboxylic acids is 2. The van der Waals surface area contributed by atoms with Crippen molar-refractivity contribution < 1.29 is 24.6 Å². The molecule has 0 saturated heterocycles. The van der Waals surface area contributed by atoms with E-state index in [1.165, 1.54) is 44.2 Å². The Morgan fingerprint density at radius 1 is 1.26 bits per heavy atom. The lowest BCUT2D eigenvalue weighted by Crippen LogP contribution is -2.23. The van der Waals surface area contributed by atoms with Crippen molar-refractivity contribution in [1.29, 1.82) is 0 Å². The van der Waals surface area contributed by atoms with Crippen LogP contribution in [0.3, 0.4) is 0 Å². The lowest BCUT2D eigenvalue weighted by atomic mass is 9.84. The summed E-state index contributed by atoms with van der Waals surface area (Å²) in [6, 6.07) is 0. The molecule has 27 heavy (non-hydrogen) atoms. The molecule has 0 heterocycles. The maximum atomic E-state index is 9.55. The molecule has 2 unspecified atom stereocenters. The molecule has 0 amide bonds. The first-order valence-corrected chi connectivity index (χ1v) is 9.73. The lowest BCUT2D eigenvalue weighted by Gasteiger charge is -2.23. The Bertz CT molecular complexity index is 473. The van der Waals surface area contributed by atoms with Crippen LogP contribution in [-0.2, 0) is 14.4 Å². The van der Waals surface area contributed by atoms with Crippen LogP contribution in [0.5, 0.6) is 0 Å². The topological polar surface area (TPSA) is 99.4 Å². The fourth-order valence-corrected chi connectivity index (χ4v) is 3.02. The van der Waals surface area contributed by atoms with E-state index < -0.39 is 11.9 Å². The third-order valence-corrected chi connectivity index (χ3v) is 4.20. The molecule has 0 radical (unpaired) electrons. The number of oxime groups is 1. The summed E-state index contributed by atoms with van der Waals surface area (Å²) in [7, 11) is 4.20. The van der Waals surface area contributed by atoms with Gasteiger partial charge in [-0.2, -0.15) is 0 Å². The number of carboxylic acid groups (broad SMARTS) is 2. The molecule has 7 heteroatoms. The van der Waals surface area contributed by atoms with Crippen molar-refractivity contribution in [3.63, 3.8) is 0 Å². The highest BCUT2D eigenvalue weighted by Gasteiger charge is 2.20. The SMILES string of the molecule is CCCCC1CCCC/C1=N\OCC(C)CN(C)C.O=C(O)/C=C/C(=O)O. The molecule has 1 aliphatic rings. The van der Waals surface area contributed by atoms with Crippen molar-refractivity contribution in [2.45, 2.75) is 58.8 Å². The summed E-state index contributed by atoms with van der Waals surface area (Å²) >= 11 is 0. The van der Waals surface area contributed by atoms with Gasteiger partial charge in [-0.25, -0.2) is 9.59 Å². The molecule has 0 aromatic heterocycles. The molecule has 2 atom stereocenters. The maximum Gasteiger partial charge on any atom is 0.328 e. The molecule has 156 valence electrons. The summed E-state index contributed by atoms with van der Waals surface area (Å²) in [6.45, 7) is 6.28. The summed E-state index contributed by atoms with van der Waals surface area (Å²) < 4.78 is 0. The predicted octanol–water partition coefficient (Wildman–Crippen LogP) is 3.65. The van der Waals surface area contributed by atoms with Crippen LogP contribution in [-0.4, -0.2) is 60.0 Å². The molecule has 1 rings (SSSR count). The third-order valence-electron chi connectivity index (χ3n) is 4.20. The van der Waals surface area contributed by atoms with Crippen LogP contribution in [0.25, 0.3) is 0 Å². The monoisotopic (exact) mass is 384 g/mol. The van der Waals surface area contributed by atoms with Gasteiger partial charge in [-0.05, 0) is 39.8 Å². The smallest absolute Gasteiger partial charge is 0.328 e. The van der Waals surface area contributed by atoms with Gasteiger partial charge in [-0.1, -0.05) is 38.3 Å². The number of unbranched alkanes of at least 4 members (excludes halogenated alkanes) is 1. The third kappa shape index (κ3) is 14.9. The van der Waals surface area contributed by atoms with Crippen LogP contribution in [0.1, 0.15) is 58.8 Å². The van der Waals surface area contributed by atoms with Crippen LogP contribution in [0.15, 0.2) is 17.3 Å². The molecule has 0 bridgehead atoms. The molecule has 0 aromatic rings. The molecule has 0 aromatic carbocycles. The fourth-order valence-electron chi connectivity index (χ4n) is 3.02. The van der Waals surface area contributed by atoms with E-state index in [0.717, 1.165) is 19.6 Å². The summed E-state index contributed by atoms with van der Waals surface area (Å²) in [5.74, 6) is -1.28.